The number of nitrogens with one attached hydrogen (secondary N) is 1. The van der Waals surface area contributed by atoms with E-state index in [4.69, 9.17) is 4.42 Å². The normalized spacial score (nSPS) is 12.5. The van der Waals surface area contributed by atoms with Gasteiger partial charge in [-0.05, 0) is 33.9 Å². The van der Waals surface area contributed by atoms with Gasteiger partial charge in [0.1, 0.15) is 5.58 Å². The first-order valence-corrected chi connectivity index (χ1v) is 6.84. The molecule has 104 valence electrons. The number of para-hydroxylation sites is 1. The summed E-state index contributed by atoms with van der Waals surface area (Å²) in [6.07, 6.45) is 1.87. The van der Waals surface area contributed by atoms with Gasteiger partial charge in [-0.1, -0.05) is 18.2 Å². The third-order valence-corrected chi connectivity index (χ3v) is 3.15. The van der Waals surface area contributed by atoms with Crippen LogP contribution in [-0.4, -0.2) is 30.6 Å². The van der Waals surface area contributed by atoms with Crippen LogP contribution < -0.4 is 5.32 Å². The molecule has 1 heterocycles. The lowest BCUT2D eigenvalue weighted by Crippen LogP contribution is -2.40. The highest BCUT2D eigenvalue weighted by Crippen LogP contribution is 2.21. The van der Waals surface area contributed by atoms with E-state index in [1.165, 1.54) is 10.9 Å². The van der Waals surface area contributed by atoms with Gasteiger partial charge in [-0.25, -0.2) is 0 Å². The van der Waals surface area contributed by atoms with E-state index in [0.717, 1.165) is 25.2 Å². The summed E-state index contributed by atoms with van der Waals surface area (Å²) in [4.78, 5) is 2.32. The Morgan fingerprint density at radius 3 is 2.68 bits per heavy atom. The second kappa shape index (κ2) is 5.76. The van der Waals surface area contributed by atoms with Crippen molar-refractivity contribution in [2.75, 3.05) is 20.1 Å². The Hall–Kier alpha value is -1.32. The topological polar surface area (TPSA) is 28.4 Å². The molecule has 2 rings (SSSR count). The molecule has 3 heteroatoms. The minimum atomic E-state index is 0.184. The Labute approximate surface area is 115 Å². The molecule has 0 aliphatic carbocycles. The number of nitrogens with zero attached hydrogens (tertiary/aromatic N) is 1. The molecule has 0 amide bonds. The van der Waals surface area contributed by atoms with E-state index >= 15 is 0 Å². The molecule has 0 bridgehead atoms. The summed E-state index contributed by atoms with van der Waals surface area (Å²) in [6, 6.07) is 8.20. The van der Waals surface area contributed by atoms with E-state index in [-0.39, 0.29) is 5.54 Å². The maximum atomic E-state index is 5.57. The van der Waals surface area contributed by atoms with Gasteiger partial charge in [-0.15, -0.1) is 0 Å². The Morgan fingerprint density at radius 1 is 1.21 bits per heavy atom. The van der Waals surface area contributed by atoms with Crippen molar-refractivity contribution < 1.29 is 4.42 Å². The lowest BCUT2D eigenvalue weighted by atomic mass is 10.1. The van der Waals surface area contributed by atoms with Crippen LogP contribution in [0.2, 0.25) is 0 Å². The number of likely N-dealkylation sites (N-methyl/N-ethyl adjacent to an activating group) is 1. The van der Waals surface area contributed by atoms with Crippen molar-refractivity contribution in [1.82, 2.24) is 10.2 Å². The van der Waals surface area contributed by atoms with Gasteiger partial charge >= 0.3 is 0 Å². The van der Waals surface area contributed by atoms with Crippen LogP contribution in [0.4, 0.5) is 0 Å². The summed E-state index contributed by atoms with van der Waals surface area (Å²) in [7, 11) is 2.14. The molecule has 1 aromatic heterocycles. The molecule has 0 saturated heterocycles. The molecule has 1 N–H and O–H groups in total. The van der Waals surface area contributed by atoms with E-state index in [9.17, 15) is 0 Å². The number of rotatable bonds is 5. The maximum absolute atomic E-state index is 5.57. The highest BCUT2D eigenvalue weighted by Gasteiger charge is 2.10. The molecule has 0 unspecified atom stereocenters. The molecule has 0 atom stereocenters. The first-order valence-electron chi connectivity index (χ1n) is 6.84. The van der Waals surface area contributed by atoms with Crippen LogP contribution in [0.25, 0.3) is 11.0 Å². The fourth-order valence-electron chi connectivity index (χ4n) is 2.15. The lowest BCUT2D eigenvalue weighted by Gasteiger charge is -2.23. The molecule has 0 aliphatic heterocycles. The van der Waals surface area contributed by atoms with Crippen LogP contribution in [0.1, 0.15) is 26.3 Å². The molecule has 0 radical (unpaired) electrons. The minimum absolute atomic E-state index is 0.184. The van der Waals surface area contributed by atoms with Crippen LogP contribution in [0.15, 0.2) is 34.9 Å². The highest BCUT2D eigenvalue weighted by molar-refractivity contribution is 5.80. The third-order valence-electron chi connectivity index (χ3n) is 3.15. The van der Waals surface area contributed by atoms with Crippen LogP contribution in [0.3, 0.4) is 0 Å². The number of furan rings is 1. The molecule has 1 aromatic carbocycles. The van der Waals surface area contributed by atoms with Crippen LogP contribution in [0, 0.1) is 0 Å². The van der Waals surface area contributed by atoms with E-state index in [0.29, 0.717) is 0 Å². The molecular formula is C16H24N2O. The fraction of sp³-hybridized carbons (Fsp3) is 0.500. The van der Waals surface area contributed by atoms with Crippen molar-refractivity contribution in [3.05, 3.63) is 36.1 Å². The van der Waals surface area contributed by atoms with Crippen molar-refractivity contribution in [1.29, 1.82) is 0 Å². The van der Waals surface area contributed by atoms with Gasteiger partial charge in [0, 0.05) is 36.1 Å². The first-order chi connectivity index (χ1) is 8.96. The van der Waals surface area contributed by atoms with Gasteiger partial charge in [-0.3, -0.25) is 0 Å². The van der Waals surface area contributed by atoms with E-state index in [1.807, 2.05) is 18.4 Å². The average Bonchev–Trinajstić information content (AvgIpc) is 2.71. The number of hydrogen-bond acceptors (Lipinski definition) is 3. The molecule has 3 nitrogen and oxygen atoms in total. The van der Waals surface area contributed by atoms with Gasteiger partial charge in [-0.2, -0.15) is 0 Å². The zero-order chi connectivity index (χ0) is 13.9. The van der Waals surface area contributed by atoms with Gasteiger partial charge in [0.15, 0.2) is 0 Å². The van der Waals surface area contributed by atoms with Crippen molar-refractivity contribution >= 4 is 11.0 Å². The smallest absolute Gasteiger partial charge is 0.134 e. The SMILES string of the molecule is CN(CCNC(C)(C)C)Cc1coc2ccccc12. The second-order valence-electron chi connectivity index (χ2n) is 6.17. The predicted octanol–water partition coefficient (Wildman–Crippen LogP) is 3.25. The number of hydrogen-bond donors (Lipinski definition) is 1. The van der Waals surface area contributed by atoms with Crippen LogP contribution >= 0.6 is 0 Å². The van der Waals surface area contributed by atoms with Gasteiger partial charge < -0.3 is 14.6 Å². The quantitative estimate of drug-likeness (QED) is 0.894. The molecule has 0 saturated carbocycles. The summed E-state index contributed by atoms with van der Waals surface area (Å²) in [6.45, 7) is 9.51. The summed E-state index contributed by atoms with van der Waals surface area (Å²) in [5.41, 5.74) is 2.41. The Morgan fingerprint density at radius 2 is 1.95 bits per heavy atom. The molecule has 2 aromatic rings. The standard InChI is InChI=1S/C16H24N2O/c1-16(2,3)17-9-10-18(4)11-13-12-19-15-8-6-5-7-14(13)15/h5-8,12,17H,9-11H2,1-4H3. The van der Waals surface area contributed by atoms with Crippen molar-refractivity contribution in [3.63, 3.8) is 0 Å². The lowest BCUT2D eigenvalue weighted by molar-refractivity contribution is 0.303. The second-order valence-corrected chi connectivity index (χ2v) is 6.17. The zero-order valence-electron chi connectivity index (χ0n) is 12.4. The first kappa shape index (κ1) is 14.1. The van der Waals surface area contributed by atoms with Crippen molar-refractivity contribution in [2.45, 2.75) is 32.9 Å². The number of benzene rings is 1. The molecule has 0 aliphatic rings. The van der Waals surface area contributed by atoms with Gasteiger partial charge in [0.2, 0.25) is 0 Å². The molecule has 19 heavy (non-hydrogen) atoms. The predicted molar refractivity (Wildman–Crippen MR) is 80.3 cm³/mol. The number of fused-ring (bicyclic) bond motifs is 1. The monoisotopic (exact) mass is 260 g/mol. The van der Waals surface area contributed by atoms with Crippen LogP contribution in [0.5, 0.6) is 0 Å². The van der Waals surface area contributed by atoms with Crippen molar-refractivity contribution in [3.8, 4) is 0 Å². The highest BCUT2D eigenvalue weighted by atomic mass is 16.3. The Balaban J connectivity index is 1.90. The largest absolute Gasteiger partial charge is 0.464 e. The van der Waals surface area contributed by atoms with Gasteiger partial charge in [0.25, 0.3) is 0 Å². The summed E-state index contributed by atoms with van der Waals surface area (Å²) >= 11 is 0. The third kappa shape index (κ3) is 4.08. The summed E-state index contributed by atoms with van der Waals surface area (Å²) < 4.78 is 5.57. The van der Waals surface area contributed by atoms with Crippen molar-refractivity contribution in [2.24, 2.45) is 0 Å². The Bertz CT molecular complexity index is 525. The summed E-state index contributed by atoms with van der Waals surface area (Å²) in [5, 5.41) is 4.72. The van der Waals surface area contributed by atoms with E-state index < -0.39 is 0 Å². The zero-order valence-corrected chi connectivity index (χ0v) is 12.4. The molecule has 0 spiro atoms. The fourth-order valence-corrected chi connectivity index (χ4v) is 2.15. The van der Waals surface area contributed by atoms with Gasteiger partial charge in [0.05, 0.1) is 6.26 Å². The molecule has 0 fully saturated rings. The average molecular weight is 260 g/mol. The van der Waals surface area contributed by atoms with E-state index in [2.05, 4.69) is 50.2 Å². The maximum Gasteiger partial charge on any atom is 0.134 e. The van der Waals surface area contributed by atoms with E-state index in [1.54, 1.807) is 0 Å². The molecular weight excluding hydrogens is 236 g/mol. The Kier molecular flexibility index (Phi) is 4.27. The minimum Gasteiger partial charge on any atom is -0.464 e. The van der Waals surface area contributed by atoms with Crippen LogP contribution in [-0.2, 0) is 6.54 Å². The summed E-state index contributed by atoms with van der Waals surface area (Å²) in [5.74, 6) is 0.